The van der Waals surface area contributed by atoms with Crippen molar-refractivity contribution in [1.29, 1.82) is 0 Å². The Labute approximate surface area is 113 Å². The van der Waals surface area contributed by atoms with Gasteiger partial charge in [-0.05, 0) is 47.1 Å². The van der Waals surface area contributed by atoms with Gasteiger partial charge in [0, 0.05) is 10.5 Å². The van der Waals surface area contributed by atoms with E-state index in [0.29, 0.717) is 17.2 Å². The van der Waals surface area contributed by atoms with Crippen molar-refractivity contribution in [3.8, 4) is 5.75 Å². The van der Waals surface area contributed by atoms with E-state index in [0.717, 1.165) is 4.47 Å². The third-order valence-corrected chi connectivity index (χ3v) is 3.08. The van der Waals surface area contributed by atoms with Gasteiger partial charge in [-0.2, -0.15) is 0 Å². The Hall–Kier alpha value is -1.75. The number of ether oxygens (including phenoxy) is 1. The van der Waals surface area contributed by atoms with Crippen molar-refractivity contribution in [2.75, 3.05) is 12.4 Å². The highest BCUT2D eigenvalue weighted by Gasteiger charge is 2.12. The third kappa shape index (κ3) is 2.73. The molecule has 0 fully saturated rings. The first-order chi connectivity index (χ1) is 8.60. The lowest BCUT2D eigenvalue weighted by Gasteiger charge is -2.08. The molecule has 94 valence electrons. The first-order valence-electron chi connectivity index (χ1n) is 5.31. The van der Waals surface area contributed by atoms with E-state index in [1.807, 2.05) is 6.07 Å². The minimum absolute atomic E-state index is 0.280. The molecular weight excluding hydrogens is 298 g/mol. The Kier molecular flexibility index (Phi) is 3.72. The molecule has 0 bridgehead atoms. The summed E-state index contributed by atoms with van der Waals surface area (Å²) in [7, 11) is 1.57. The number of hydrogen-bond acceptors (Lipinski definition) is 3. The highest BCUT2D eigenvalue weighted by molar-refractivity contribution is 9.10. The largest absolute Gasteiger partial charge is 0.497 e. The van der Waals surface area contributed by atoms with Gasteiger partial charge in [0.2, 0.25) is 0 Å². The average Bonchev–Trinajstić information content (AvgIpc) is 2.79. The number of rotatable bonds is 3. The van der Waals surface area contributed by atoms with E-state index in [-0.39, 0.29) is 11.7 Å². The summed E-state index contributed by atoms with van der Waals surface area (Å²) < 4.78 is 11.1. The second-order valence-corrected chi connectivity index (χ2v) is 4.56. The van der Waals surface area contributed by atoms with Crippen LogP contribution in [0.25, 0.3) is 0 Å². The molecule has 0 aliphatic carbocycles. The van der Waals surface area contributed by atoms with Crippen LogP contribution in [0.2, 0.25) is 0 Å². The molecule has 4 nitrogen and oxygen atoms in total. The fourth-order valence-corrected chi connectivity index (χ4v) is 1.81. The van der Waals surface area contributed by atoms with Crippen LogP contribution in [0.4, 0.5) is 5.69 Å². The van der Waals surface area contributed by atoms with E-state index in [9.17, 15) is 4.79 Å². The van der Waals surface area contributed by atoms with Crippen LogP contribution in [-0.2, 0) is 0 Å². The summed E-state index contributed by atoms with van der Waals surface area (Å²) in [6.45, 7) is 1.79. The molecule has 2 rings (SSSR count). The normalized spacial score (nSPS) is 10.2. The molecule has 18 heavy (non-hydrogen) atoms. The minimum atomic E-state index is -0.294. The van der Waals surface area contributed by atoms with Gasteiger partial charge in [0.1, 0.15) is 11.5 Å². The first kappa shape index (κ1) is 12.7. The average molecular weight is 310 g/mol. The van der Waals surface area contributed by atoms with E-state index < -0.39 is 0 Å². The number of aryl methyl sites for hydroxylation is 1. The highest BCUT2D eigenvalue weighted by atomic mass is 79.9. The number of amides is 1. The number of furan rings is 1. The van der Waals surface area contributed by atoms with Gasteiger partial charge in [-0.3, -0.25) is 4.79 Å². The molecule has 0 radical (unpaired) electrons. The molecule has 5 heteroatoms. The number of nitrogens with one attached hydrogen (secondary N) is 1. The summed E-state index contributed by atoms with van der Waals surface area (Å²) in [5.74, 6) is 1.35. The van der Waals surface area contributed by atoms with E-state index in [1.165, 1.54) is 0 Å². The number of hydrogen-bond donors (Lipinski definition) is 1. The van der Waals surface area contributed by atoms with Crippen molar-refractivity contribution < 1.29 is 13.9 Å². The van der Waals surface area contributed by atoms with Crippen LogP contribution in [0.15, 0.2) is 39.2 Å². The zero-order chi connectivity index (χ0) is 13.1. The molecule has 0 saturated heterocycles. The zero-order valence-electron chi connectivity index (χ0n) is 9.99. The molecule has 0 spiro atoms. The Morgan fingerprint density at radius 1 is 1.33 bits per heavy atom. The van der Waals surface area contributed by atoms with Crippen molar-refractivity contribution in [1.82, 2.24) is 0 Å². The summed E-state index contributed by atoms with van der Waals surface area (Å²) >= 11 is 3.36. The molecule has 0 saturated carbocycles. The Morgan fingerprint density at radius 3 is 2.72 bits per heavy atom. The first-order valence-corrected chi connectivity index (χ1v) is 6.11. The van der Waals surface area contributed by atoms with E-state index in [4.69, 9.17) is 9.15 Å². The Morgan fingerprint density at radius 2 is 2.11 bits per heavy atom. The Bertz CT molecular complexity index is 577. The summed E-state index contributed by atoms with van der Waals surface area (Å²) in [6, 6.07) is 8.73. The maximum Gasteiger partial charge on any atom is 0.291 e. The van der Waals surface area contributed by atoms with Gasteiger partial charge < -0.3 is 14.5 Å². The van der Waals surface area contributed by atoms with Gasteiger partial charge in [-0.25, -0.2) is 0 Å². The van der Waals surface area contributed by atoms with E-state index >= 15 is 0 Å². The molecule has 2 aromatic rings. The number of anilines is 1. The lowest BCUT2D eigenvalue weighted by atomic mass is 10.3. The molecule has 1 amide bonds. The quantitative estimate of drug-likeness (QED) is 0.942. The van der Waals surface area contributed by atoms with Crippen LogP contribution in [0, 0.1) is 6.92 Å². The SMILES string of the molecule is COc1ccc(Br)c(NC(=O)c2ccc(C)o2)c1. The molecular formula is C13H12BrNO3. The van der Waals surface area contributed by atoms with Gasteiger partial charge >= 0.3 is 0 Å². The maximum absolute atomic E-state index is 11.9. The highest BCUT2D eigenvalue weighted by Crippen LogP contribution is 2.27. The third-order valence-electron chi connectivity index (χ3n) is 2.39. The van der Waals surface area contributed by atoms with Crippen LogP contribution in [-0.4, -0.2) is 13.0 Å². The standard InChI is InChI=1S/C13H12BrNO3/c1-8-3-6-12(18-8)13(16)15-11-7-9(17-2)4-5-10(11)14/h3-7H,1-2H3,(H,15,16). The number of carbonyl (C=O) groups excluding carboxylic acids is 1. The van der Waals surface area contributed by atoms with E-state index in [2.05, 4.69) is 21.2 Å². The molecule has 1 N–H and O–H groups in total. The molecule has 1 aromatic carbocycles. The van der Waals surface area contributed by atoms with Crippen molar-refractivity contribution in [2.45, 2.75) is 6.92 Å². The summed E-state index contributed by atoms with van der Waals surface area (Å²) in [6.07, 6.45) is 0. The van der Waals surface area contributed by atoms with Crippen molar-refractivity contribution in [2.24, 2.45) is 0 Å². The van der Waals surface area contributed by atoms with Gasteiger partial charge in [0.05, 0.1) is 12.8 Å². The lowest BCUT2D eigenvalue weighted by Crippen LogP contribution is -2.11. The second-order valence-electron chi connectivity index (χ2n) is 3.71. The van der Waals surface area contributed by atoms with E-state index in [1.54, 1.807) is 38.3 Å². The zero-order valence-corrected chi connectivity index (χ0v) is 11.6. The van der Waals surface area contributed by atoms with Gasteiger partial charge in [-0.1, -0.05) is 0 Å². The summed E-state index contributed by atoms with van der Waals surface area (Å²) in [5.41, 5.74) is 0.633. The van der Waals surface area contributed by atoms with Crippen molar-refractivity contribution >= 4 is 27.5 Å². The van der Waals surface area contributed by atoms with Crippen LogP contribution in [0.1, 0.15) is 16.3 Å². The molecule has 0 aliphatic heterocycles. The lowest BCUT2D eigenvalue weighted by molar-refractivity contribution is 0.0995. The predicted molar refractivity (Wildman–Crippen MR) is 72.1 cm³/mol. The molecule has 0 unspecified atom stereocenters. The van der Waals surface area contributed by atoms with Crippen molar-refractivity contribution in [3.63, 3.8) is 0 Å². The monoisotopic (exact) mass is 309 g/mol. The topological polar surface area (TPSA) is 51.5 Å². The molecule has 0 atom stereocenters. The molecule has 1 heterocycles. The summed E-state index contributed by atoms with van der Waals surface area (Å²) in [5, 5.41) is 2.75. The second kappa shape index (κ2) is 5.27. The fourth-order valence-electron chi connectivity index (χ4n) is 1.47. The Balaban J connectivity index is 2.21. The van der Waals surface area contributed by atoms with Crippen LogP contribution < -0.4 is 10.1 Å². The number of carbonyl (C=O) groups is 1. The van der Waals surface area contributed by atoms with Crippen LogP contribution in [0.5, 0.6) is 5.75 Å². The van der Waals surface area contributed by atoms with Gasteiger partial charge in [-0.15, -0.1) is 0 Å². The van der Waals surface area contributed by atoms with Gasteiger partial charge in [0.15, 0.2) is 5.76 Å². The number of benzene rings is 1. The molecule has 0 aliphatic rings. The maximum atomic E-state index is 11.9. The number of halogens is 1. The van der Waals surface area contributed by atoms with Gasteiger partial charge in [0.25, 0.3) is 5.91 Å². The van der Waals surface area contributed by atoms with Crippen LogP contribution >= 0.6 is 15.9 Å². The van der Waals surface area contributed by atoms with Crippen LogP contribution in [0.3, 0.4) is 0 Å². The fraction of sp³-hybridized carbons (Fsp3) is 0.154. The smallest absolute Gasteiger partial charge is 0.291 e. The summed E-state index contributed by atoms with van der Waals surface area (Å²) in [4.78, 5) is 11.9. The predicted octanol–water partition coefficient (Wildman–Crippen LogP) is 3.61. The molecule has 1 aromatic heterocycles. The minimum Gasteiger partial charge on any atom is -0.497 e. The van der Waals surface area contributed by atoms with Crippen molar-refractivity contribution in [3.05, 3.63) is 46.3 Å². The number of methoxy groups -OCH3 is 1.